The number of hydrogen-bond acceptors (Lipinski definition) is 3. The molecule has 2 heterocycles. The third-order valence-electron chi connectivity index (χ3n) is 5.51. The van der Waals surface area contributed by atoms with Gasteiger partial charge >= 0.3 is 0 Å². The number of imidazole rings is 2. The highest BCUT2D eigenvalue weighted by Crippen LogP contribution is 2.21. The van der Waals surface area contributed by atoms with Crippen molar-refractivity contribution in [1.82, 2.24) is 24.8 Å². The quantitative estimate of drug-likeness (QED) is 0.455. The first kappa shape index (κ1) is 19.0. The molecule has 0 aliphatic rings. The molecule has 0 unspecified atom stereocenters. The third kappa shape index (κ3) is 3.54. The van der Waals surface area contributed by atoms with E-state index in [4.69, 9.17) is 4.98 Å². The van der Waals surface area contributed by atoms with Crippen LogP contribution in [0.2, 0.25) is 0 Å². The first-order chi connectivity index (χ1) is 15.1. The summed E-state index contributed by atoms with van der Waals surface area (Å²) in [7, 11) is 1.97. The average Bonchev–Trinajstić information content (AvgIpc) is 3.38. The molecule has 0 radical (unpaired) electrons. The van der Waals surface area contributed by atoms with Crippen LogP contribution in [0, 0.1) is 5.82 Å². The van der Waals surface area contributed by atoms with Gasteiger partial charge in [0.05, 0.1) is 28.4 Å². The van der Waals surface area contributed by atoms with Gasteiger partial charge in [-0.15, -0.1) is 0 Å². The number of nitrogens with one attached hydrogen (secondary N) is 2. The molecule has 3 aromatic carbocycles. The standard InChI is InChI=1S/C24H20FN5O/c1-30-21-10-7-16(12-20(21)29-22(30)11-15-5-3-2-4-6-15)24(31)26-13-17-18(25)8-9-19-23(17)28-14-27-19/h2-10,12,14H,11,13H2,1H3,(H,26,31)(H,27,28). The Balaban J connectivity index is 1.38. The Morgan fingerprint density at radius 3 is 2.81 bits per heavy atom. The van der Waals surface area contributed by atoms with Crippen LogP contribution in [0.4, 0.5) is 4.39 Å². The Hall–Kier alpha value is -4.00. The highest BCUT2D eigenvalue weighted by Gasteiger charge is 2.14. The molecule has 0 fully saturated rings. The summed E-state index contributed by atoms with van der Waals surface area (Å²) in [5, 5.41) is 2.80. The van der Waals surface area contributed by atoms with Crippen LogP contribution in [0.25, 0.3) is 22.1 Å². The van der Waals surface area contributed by atoms with E-state index in [1.54, 1.807) is 18.2 Å². The molecule has 0 saturated heterocycles. The summed E-state index contributed by atoms with van der Waals surface area (Å²) in [4.78, 5) is 24.6. The topological polar surface area (TPSA) is 75.6 Å². The molecular weight excluding hydrogens is 393 g/mol. The van der Waals surface area contributed by atoms with E-state index < -0.39 is 5.82 Å². The average molecular weight is 413 g/mol. The molecule has 0 atom stereocenters. The van der Waals surface area contributed by atoms with Gasteiger partial charge in [0.1, 0.15) is 11.6 Å². The van der Waals surface area contributed by atoms with E-state index in [0.717, 1.165) is 22.4 Å². The van der Waals surface area contributed by atoms with Gasteiger partial charge in [0.2, 0.25) is 0 Å². The van der Waals surface area contributed by atoms with Crippen molar-refractivity contribution in [3.05, 3.63) is 95.3 Å². The molecule has 5 rings (SSSR count). The summed E-state index contributed by atoms with van der Waals surface area (Å²) in [6.45, 7) is 0.0480. The number of benzene rings is 3. The van der Waals surface area contributed by atoms with Gasteiger partial charge in [-0.2, -0.15) is 0 Å². The minimum Gasteiger partial charge on any atom is -0.348 e. The lowest BCUT2D eigenvalue weighted by molar-refractivity contribution is 0.0951. The molecule has 2 N–H and O–H groups in total. The van der Waals surface area contributed by atoms with Crippen molar-refractivity contribution in [2.45, 2.75) is 13.0 Å². The second-order valence-corrected chi connectivity index (χ2v) is 7.46. The number of aromatic nitrogens is 4. The number of fused-ring (bicyclic) bond motifs is 2. The van der Waals surface area contributed by atoms with E-state index in [-0.39, 0.29) is 12.5 Å². The zero-order chi connectivity index (χ0) is 21.4. The second-order valence-electron chi connectivity index (χ2n) is 7.46. The number of carbonyl (C=O) groups excluding carboxylic acids is 1. The summed E-state index contributed by atoms with van der Waals surface area (Å²) in [6.07, 6.45) is 2.22. The van der Waals surface area contributed by atoms with Crippen molar-refractivity contribution in [1.29, 1.82) is 0 Å². The minimum atomic E-state index is -0.398. The van der Waals surface area contributed by atoms with Gasteiger partial charge in [0.25, 0.3) is 5.91 Å². The zero-order valence-electron chi connectivity index (χ0n) is 16.9. The number of aryl methyl sites for hydroxylation is 1. The molecule has 6 nitrogen and oxygen atoms in total. The van der Waals surface area contributed by atoms with Crippen molar-refractivity contribution < 1.29 is 9.18 Å². The Labute approximate surface area is 177 Å². The minimum absolute atomic E-state index is 0.0480. The second kappa shape index (κ2) is 7.68. The molecule has 0 aliphatic carbocycles. The van der Waals surface area contributed by atoms with Crippen LogP contribution in [0.3, 0.4) is 0 Å². The Kier molecular flexibility index (Phi) is 4.71. The van der Waals surface area contributed by atoms with Gasteiger partial charge in [0, 0.05) is 31.1 Å². The number of carbonyl (C=O) groups is 1. The number of nitrogens with zero attached hydrogens (tertiary/aromatic N) is 3. The van der Waals surface area contributed by atoms with Gasteiger partial charge in [-0.25, -0.2) is 14.4 Å². The molecule has 2 aromatic heterocycles. The van der Waals surface area contributed by atoms with Gasteiger partial charge in [-0.3, -0.25) is 4.79 Å². The van der Waals surface area contributed by atoms with E-state index in [9.17, 15) is 9.18 Å². The number of rotatable bonds is 5. The largest absolute Gasteiger partial charge is 0.348 e. The Morgan fingerprint density at radius 1 is 1.13 bits per heavy atom. The first-order valence-electron chi connectivity index (χ1n) is 9.98. The fourth-order valence-electron chi connectivity index (χ4n) is 3.81. The SMILES string of the molecule is Cn1c(Cc2ccccc2)nc2cc(C(=O)NCc3c(F)ccc4[nH]cnc34)ccc21. The summed E-state index contributed by atoms with van der Waals surface area (Å²) in [5.74, 6) is 0.237. The summed E-state index contributed by atoms with van der Waals surface area (Å²) in [6, 6.07) is 18.6. The molecule has 0 aliphatic heterocycles. The summed E-state index contributed by atoms with van der Waals surface area (Å²) < 4.78 is 16.3. The van der Waals surface area contributed by atoms with Crippen molar-refractivity contribution in [3.8, 4) is 0 Å². The van der Waals surface area contributed by atoms with Crippen molar-refractivity contribution >= 4 is 28.0 Å². The smallest absolute Gasteiger partial charge is 0.251 e. The van der Waals surface area contributed by atoms with Crippen LogP contribution in [0.1, 0.15) is 27.3 Å². The lowest BCUT2D eigenvalue weighted by Gasteiger charge is -2.07. The van der Waals surface area contributed by atoms with Gasteiger partial charge in [-0.1, -0.05) is 30.3 Å². The van der Waals surface area contributed by atoms with Crippen LogP contribution < -0.4 is 5.32 Å². The summed E-state index contributed by atoms with van der Waals surface area (Å²) >= 11 is 0. The molecule has 5 aromatic rings. The van der Waals surface area contributed by atoms with E-state index >= 15 is 0 Å². The highest BCUT2D eigenvalue weighted by molar-refractivity contribution is 5.97. The monoisotopic (exact) mass is 413 g/mol. The van der Waals surface area contributed by atoms with Gasteiger partial charge in [0.15, 0.2) is 0 Å². The van der Waals surface area contributed by atoms with Crippen molar-refractivity contribution in [2.75, 3.05) is 0 Å². The maximum absolute atomic E-state index is 14.3. The summed E-state index contributed by atoms with van der Waals surface area (Å²) in [5.41, 5.74) is 4.96. The highest BCUT2D eigenvalue weighted by atomic mass is 19.1. The Morgan fingerprint density at radius 2 is 1.97 bits per heavy atom. The number of hydrogen-bond donors (Lipinski definition) is 2. The van der Waals surface area contributed by atoms with E-state index in [0.29, 0.717) is 23.1 Å². The molecule has 7 heteroatoms. The van der Waals surface area contributed by atoms with Gasteiger partial charge in [-0.05, 0) is 35.9 Å². The van der Waals surface area contributed by atoms with Crippen molar-refractivity contribution in [2.24, 2.45) is 7.05 Å². The molecule has 31 heavy (non-hydrogen) atoms. The number of H-pyrrole nitrogens is 1. The van der Waals surface area contributed by atoms with Crippen LogP contribution in [-0.2, 0) is 20.0 Å². The lowest BCUT2D eigenvalue weighted by Crippen LogP contribution is -2.23. The molecule has 0 bridgehead atoms. The van der Waals surface area contributed by atoms with Crippen LogP contribution in [-0.4, -0.2) is 25.4 Å². The molecular formula is C24H20FN5O. The maximum atomic E-state index is 14.3. The molecule has 0 spiro atoms. The Bertz CT molecular complexity index is 1400. The third-order valence-corrected chi connectivity index (χ3v) is 5.51. The number of aromatic amines is 1. The molecule has 154 valence electrons. The predicted molar refractivity (Wildman–Crippen MR) is 117 cm³/mol. The van der Waals surface area contributed by atoms with Gasteiger partial charge < -0.3 is 14.9 Å². The maximum Gasteiger partial charge on any atom is 0.251 e. The lowest BCUT2D eigenvalue weighted by atomic mass is 10.1. The van der Waals surface area contributed by atoms with Crippen LogP contribution in [0.15, 0.2) is 67.0 Å². The number of halogens is 1. The van der Waals surface area contributed by atoms with Crippen molar-refractivity contribution in [3.63, 3.8) is 0 Å². The fraction of sp³-hybridized carbons (Fsp3) is 0.125. The molecule has 1 amide bonds. The van der Waals surface area contributed by atoms with E-state index in [2.05, 4.69) is 27.4 Å². The number of amides is 1. The fourth-order valence-corrected chi connectivity index (χ4v) is 3.81. The van der Waals surface area contributed by atoms with E-state index in [1.807, 2.05) is 35.9 Å². The molecule has 0 saturated carbocycles. The van der Waals surface area contributed by atoms with Crippen LogP contribution in [0.5, 0.6) is 0 Å². The first-order valence-corrected chi connectivity index (χ1v) is 9.98. The normalized spacial score (nSPS) is 11.3. The predicted octanol–water partition coefficient (Wildman–Crippen LogP) is 4.11. The zero-order valence-corrected chi connectivity index (χ0v) is 16.9. The van der Waals surface area contributed by atoms with Crippen LogP contribution >= 0.6 is 0 Å². The van der Waals surface area contributed by atoms with E-state index in [1.165, 1.54) is 18.0 Å².